The van der Waals surface area contributed by atoms with Crippen molar-refractivity contribution in [3.8, 4) is 0 Å². The van der Waals surface area contributed by atoms with Crippen LogP contribution in [0.3, 0.4) is 0 Å². The Morgan fingerprint density at radius 1 is 1.24 bits per heavy atom. The highest BCUT2D eigenvalue weighted by Gasteiger charge is 2.11. The highest BCUT2D eigenvalue weighted by molar-refractivity contribution is 5.89. The summed E-state index contributed by atoms with van der Waals surface area (Å²) in [5, 5.41) is 3.69. The lowest BCUT2D eigenvalue weighted by molar-refractivity contribution is 0.495. The van der Waals surface area contributed by atoms with E-state index in [2.05, 4.69) is 15.3 Å². The van der Waals surface area contributed by atoms with Crippen LogP contribution in [0.1, 0.15) is 19.1 Å². The number of nitrogens with zero attached hydrogens (tertiary/aromatic N) is 2. The number of rotatable bonds is 5. The molecule has 1 unspecified atom stereocenters. The van der Waals surface area contributed by atoms with Gasteiger partial charge < -0.3 is 9.73 Å². The molecule has 2 heterocycles. The van der Waals surface area contributed by atoms with Gasteiger partial charge in [-0.1, -0.05) is 6.07 Å². The summed E-state index contributed by atoms with van der Waals surface area (Å²) in [7, 11) is 0. The monoisotopic (exact) mass is 285 g/mol. The maximum absolute atomic E-state index is 14.0. The number of hydrogen-bond donors (Lipinski definition) is 1. The van der Waals surface area contributed by atoms with Crippen molar-refractivity contribution in [2.45, 2.75) is 25.8 Å². The number of fused-ring (bicyclic) bond motifs is 1. The van der Waals surface area contributed by atoms with Crippen LogP contribution in [0.2, 0.25) is 0 Å². The number of hydrogen-bond acceptors (Lipinski definition) is 4. The van der Waals surface area contributed by atoms with Gasteiger partial charge in [0.05, 0.1) is 17.2 Å². The number of furan rings is 1. The maximum atomic E-state index is 14.0. The highest BCUT2D eigenvalue weighted by atomic mass is 19.1. The number of aromatic nitrogens is 2. The van der Waals surface area contributed by atoms with Crippen LogP contribution in [0.25, 0.3) is 10.9 Å². The van der Waals surface area contributed by atoms with Gasteiger partial charge >= 0.3 is 0 Å². The van der Waals surface area contributed by atoms with Crippen LogP contribution >= 0.6 is 0 Å². The second kappa shape index (κ2) is 5.91. The van der Waals surface area contributed by atoms with Gasteiger partial charge in [-0.05, 0) is 37.6 Å². The molecule has 0 aliphatic carbocycles. The molecule has 0 spiro atoms. The molecule has 0 saturated carbocycles. The first kappa shape index (κ1) is 13.5. The molecule has 0 amide bonds. The van der Waals surface area contributed by atoms with Gasteiger partial charge in [-0.15, -0.1) is 0 Å². The number of benzene rings is 1. The highest BCUT2D eigenvalue weighted by Crippen LogP contribution is 2.23. The SMILES string of the molecule is CC(CCc1ccco1)Nc1ncnc2cccc(F)c12. The molecule has 0 fully saturated rings. The lowest BCUT2D eigenvalue weighted by Crippen LogP contribution is -2.17. The van der Waals surface area contributed by atoms with E-state index in [4.69, 9.17) is 4.42 Å². The van der Waals surface area contributed by atoms with Gasteiger partial charge in [0.15, 0.2) is 0 Å². The number of nitrogens with one attached hydrogen (secondary N) is 1. The third kappa shape index (κ3) is 3.02. The molecule has 0 saturated heterocycles. The van der Waals surface area contributed by atoms with Gasteiger partial charge in [-0.3, -0.25) is 0 Å². The molecular formula is C16H16FN3O. The largest absolute Gasteiger partial charge is 0.469 e. The van der Waals surface area contributed by atoms with Crippen molar-refractivity contribution >= 4 is 16.7 Å². The molecule has 0 bridgehead atoms. The zero-order valence-electron chi connectivity index (χ0n) is 11.7. The van der Waals surface area contributed by atoms with Crippen molar-refractivity contribution in [3.05, 3.63) is 54.5 Å². The Bertz CT molecular complexity index is 722. The Labute approximate surface area is 122 Å². The van der Waals surface area contributed by atoms with Crippen molar-refractivity contribution in [2.24, 2.45) is 0 Å². The molecule has 3 rings (SSSR count). The molecule has 0 aliphatic rings. The molecule has 3 aromatic rings. The van der Waals surface area contributed by atoms with Gasteiger partial charge in [0.25, 0.3) is 0 Å². The van der Waals surface area contributed by atoms with Crippen LogP contribution < -0.4 is 5.32 Å². The molecule has 21 heavy (non-hydrogen) atoms. The maximum Gasteiger partial charge on any atom is 0.140 e. The Morgan fingerprint density at radius 3 is 2.95 bits per heavy atom. The molecule has 5 heteroatoms. The van der Waals surface area contributed by atoms with E-state index in [9.17, 15) is 4.39 Å². The number of aryl methyl sites for hydroxylation is 1. The van der Waals surface area contributed by atoms with E-state index in [1.807, 2.05) is 19.1 Å². The molecule has 108 valence electrons. The summed E-state index contributed by atoms with van der Waals surface area (Å²) in [4.78, 5) is 8.26. The fraction of sp³-hybridized carbons (Fsp3) is 0.250. The zero-order valence-corrected chi connectivity index (χ0v) is 11.7. The van der Waals surface area contributed by atoms with Crippen LogP contribution in [0.15, 0.2) is 47.3 Å². The minimum Gasteiger partial charge on any atom is -0.469 e. The van der Waals surface area contributed by atoms with Gasteiger partial charge in [0.1, 0.15) is 23.7 Å². The topological polar surface area (TPSA) is 51.0 Å². The standard InChI is InChI=1S/C16H16FN3O/c1-11(7-8-12-4-3-9-21-12)20-16-15-13(17)5-2-6-14(15)18-10-19-16/h2-6,9-11H,7-8H2,1H3,(H,18,19,20). The van der Waals surface area contributed by atoms with Gasteiger partial charge in [-0.25, -0.2) is 14.4 Å². The Balaban J connectivity index is 1.75. The summed E-state index contributed by atoms with van der Waals surface area (Å²) in [6.45, 7) is 2.04. The lowest BCUT2D eigenvalue weighted by Gasteiger charge is -2.15. The molecule has 0 radical (unpaired) electrons. The molecular weight excluding hydrogens is 269 g/mol. The lowest BCUT2D eigenvalue weighted by atomic mass is 10.1. The van der Waals surface area contributed by atoms with Gasteiger partial charge in [-0.2, -0.15) is 0 Å². The van der Waals surface area contributed by atoms with E-state index in [1.54, 1.807) is 18.4 Å². The van der Waals surface area contributed by atoms with Crippen molar-refractivity contribution in [1.29, 1.82) is 0 Å². The Morgan fingerprint density at radius 2 is 2.14 bits per heavy atom. The van der Waals surface area contributed by atoms with Crippen LogP contribution in [-0.4, -0.2) is 16.0 Å². The average Bonchev–Trinajstić information content (AvgIpc) is 2.99. The molecule has 2 aromatic heterocycles. The summed E-state index contributed by atoms with van der Waals surface area (Å²) in [5.74, 6) is 1.17. The summed E-state index contributed by atoms with van der Waals surface area (Å²) in [5.41, 5.74) is 0.603. The number of anilines is 1. The summed E-state index contributed by atoms with van der Waals surface area (Å²) < 4.78 is 19.3. The third-order valence-corrected chi connectivity index (χ3v) is 3.40. The van der Waals surface area contributed by atoms with Crippen molar-refractivity contribution in [1.82, 2.24) is 9.97 Å². The van der Waals surface area contributed by atoms with Crippen LogP contribution in [0, 0.1) is 5.82 Å². The predicted octanol–water partition coefficient (Wildman–Crippen LogP) is 3.80. The van der Waals surface area contributed by atoms with Crippen LogP contribution in [-0.2, 0) is 6.42 Å². The van der Waals surface area contributed by atoms with Crippen molar-refractivity contribution < 1.29 is 8.81 Å². The molecule has 1 atom stereocenters. The Hall–Kier alpha value is -2.43. The first-order chi connectivity index (χ1) is 10.2. The normalized spacial score (nSPS) is 12.5. The molecule has 1 aromatic carbocycles. The number of halogens is 1. The molecule has 1 N–H and O–H groups in total. The fourth-order valence-corrected chi connectivity index (χ4v) is 2.30. The van der Waals surface area contributed by atoms with E-state index >= 15 is 0 Å². The second-order valence-corrected chi connectivity index (χ2v) is 5.02. The minimum atomic E-state index is -0.311. The minimum absolute atomic E-state index is 0.146. The second-order valence-electron chi connectivity index (χ2n) is 5.02. The average molecular weight is 285 g/mol. The van der Waals surface area contributed by atoms with Gasteiger partial charge in [0.2, 0.25) is 0 Å². The van der Waals surface area contributed by atoms with Gasteiger partial charge in [0, 0.05) is 12.5 Å². The third-order valence-electron chi connectivity index (χ3n) is 3.40. The quantitative estimate of drug-likeness (QED) is 0.774. The fourth-order valence-electron chi connectivity index (χ4n) is 2.30. The molecule has 4 nitrogen and oxygen atoms in total. The first-order valence-electron chi connectivity index (χ1n) is 6.92. The summed E-state index contributed by atoms with van der Waals surface area (Å²) >= 11 is 0. The zero-order chi connectivity index (χ0) is 14.7. The van der Waals surface area contributed by atoms with E-state index in [0.717, 1.165) is 18.6 Å². The first-order valence-corrected chi connectivity index (χ1v) is 6.92. The molecule has 0 aliphatic heterocycles. The van der Waals surface area contributed by atoms with Crippen molar-refractivity contribution in [2.75, 3.05) is 5.32 Å². The van der Waals surface area contributed by atoms with E-state index < -0.39 is 0 Å². The Kier molecular flexibility index (Phi) is 3.81. The smallest absolute Gasteiger partial charge is 0.140 e. The van der Waals surface area contributed by atoms with Crippen molar-refractivity contribution in [3.63, 3.8) is 0 Å². The van der Waals surface area contributed by atoms with E-state index in [-0.39, 0.29) is 11.9 Å². The predicted molar refractivity (Wildman–Crippen MR) is 79.6 cm³/mol. The summed E-state index contributed by atoms with van der Waals surface area (Å²) in [6, 6.07) is 8.82. The van der Waals surface area contributed by atoms with Crippen LogP contribution in [0.4, 0.5) is 10.2 Å². The van der Waals surface area contributed by atoms with Crippen LogP contribution in [0.5, 0.6) is 0 Å². The van der Waals surface area contributed by atoms with E-state index in [0.29, 0.717) is 16.7 Å². The van der Waals surface area contributed by atoms with E-state index in [1.165, 1.54) is 12.4 Å². The summed E-state index contributed by atoms with van der Waals surface area (Å²) in [6.07, 6.45) is 4.81.